The van der Waals surface area contributed by atoms with Crippen LogP contribution in [-0.2, 0) is 9.59 Å². The van der Waals surface area contributed by atoms with Crippen LogP contribution >= 0.6 is 0 Å². The Hall–Kier alpha value is -1.16. The van der Waals surface area contributed by atoms with E-state index in [0.29, 0.717) is 12.2 Å². The van der Waals surface area contributed by atoms with Crippen LogP contribution in [0, 0.1) is 11.8 Å². The maximum Gasteiger partial charge on any atom is 0.303 e. The Morgan fingerprint density at radius 3 is 2.60 bits per heavy atom. The number of unbranched alkanes of at least 4 members (excludes halogenated alkanes) is 5. The number of aliphatic hydroxyl groups is 1. The molecule has 144 valence electrons. The first kappa shape index (κ1) is 21.9. The molecule has 0 aliphatic heterocycles. The lowest BCUT2D eigenvalue weighted by atomic mass is 9.87. The van der Waals surface area contributed by atoms with Crippen molar-refractivity contribution in [3.8, 4) is 0 Å². The Kier molecular flexibility index (Phi) is 10.0. The van der Waals surface area contributed by atoms with E-state index in [9.17, 15) is 14.7 Å². The molecule has 25 heavy (non-hydrogen) atoms. The normalized spacial score (nSPS) is 23.2. The molecule has 0 saturated heterocycles. The molecule has 0 radical (unpaired) electrons. The van der Waals surface area contributed by atoms with Crippen molar-refractivity contribution in [2.45, 2.75) is 96.5 Å². The van der Waals surface area contributed by atoms with Gasteiger partial charge in [-0.3, -0.25) is 9.59 Å². The fourth-order valence-electron chi connectivity index (χ4n) is 3.68. The average molecular weight is 353 g/mol. The molecule has 0 bridgehead atoms. The summed E-state index contributed by atoms with van der Waals surface area (Å²) in [6, 6.07) is 0. The third-order valence-corrected chi connectivity index (χ3v) is 5.30. The Morgan fingerprint density at radius 2 is 1.92 bits per heavy atom. The number of carboxylic acid groups (broad SMARTS) is 1. The van der Waals surface area contributed by atoms with Gasteiger partial charge in [0.15, 0.2) is 0 Å². The van der Waals surface area contributed by atoms with E-state index in [2.05, 4.69) is 13.0 Å². The van der Waals surface area contributed by atoms with Gasteiger partial charge in [0.2, 0.25) is 0 Å². The van der Waals surface area contributed by atoms with Crippen molar-refractivity contribution < 1.29 is 19.8 Å². The average Bonchev–Trinajstić information content (AvgIpc) is 2.89. The third kappa shape index (κ3) is 9.20. The molecule has 1 aliphatic rings. The summed E-state index contributed by atoms with van der Waals surface area (Å²) in [5.74, 6) is -0.0423. The first-order chi connectivity index (χ1) is 11.9. The van der Waals surface area contributed by atoms with E-state index in [0.717, 1.165) is 64.2 Å². The maximum atomic E-state index is 12.2. The van der Waals surface area contributed by atoms with Crippen LogP contribution in [0.15, 0.2) is 12.2 Å². The van der Waals surface area contributed by atoms with Crippen LogP contribution in [0.2, 0.25) is 0 Å². The molecule has 4 nitrogen and oxygen atoms in total. The summed E-state index contributed by atoms with van der Waals surface area (Å²) in [6.07, 6.45) is 14.3. The van der Waals surface area contributed by atoms with Crippen molar-refractivity contribution >= 4 is 11.8 Å². The summed E-state index contributed by atoms with van der Waals surface area (Å²) >= 11 is 0. The molecule has 3 atom stereocenters. The van der Waals surface area contributed by atoms with E-state index in [1.165, 1.54) is 0 Å². The van der Waals surface area contributed by atoms with Crippen LogP contribution in [-0.4, -0.2) is 27.6 Å². The lowest BCUT2D eigenvalue weighted by Gasteiger charge is -2.21. The Bertz CT molecular complexity index is 439. The van der Waals surface area contributed by atoms with Crippen molar-refractivity contribution in [3.05, 3.63) is 12.2 Å². The fourth-order valence-corrected chi connectivity index (χ4v) is 3.68. The summed E-state index contributed by atoms with van der Waals surface area (Å²) < 4.78 is 0. The van der Waals surface area contributed by atoms with Crippen molar-refractivity contribution in [2.75, 3.05) is 0 Å². The zero-order chi connectivity index (χ0) is 18.7. The Labute approximate surface area is 152 Å². The summed E-state index contributed by atoms with van der Waals surface area (Å²) in [6.45, 7) is 4.01. The standard InChI is InChI=1S/C21H36O4/c1-3-4-9-15-21(2,25)16-14-17-12-13-19(22)18(17)10-7-5-6-8-11-20(23)24/h14,16-18,25H,3-13,15H2,1-2H3,(H,23,24)/b16-14+/t17-,18-,21?/m1/s1. The number of allylic oxidation sites excluding steroid dienone is 1. The summed E-state index contributed by atoms with van der Waals surface area (Å²) in [7, 11) is 0. The minimum Gasteiger partial charge on any atom is -0.481 e. The maximum absolute atomic E-state index is 12.2. The van der Waals surface area contributed by atoms with Crippen molar-refractivity contribution in [1.82, 2.24) is 0 Å². The number of hydrogen-bond acceptors (Lipinski definition) is 3. The second-order valence-corrected chi connectivity index (χ2v) is 7.80. The zero-order valence-corrected chi connectivity index (χ0v) is 16.0. The number of ketones is 1. The molecular weight excluding hydrogens is 316 g/mol. The van der Waals surface area contributed by atoms with E-state index < -0.39 is 11.6 Å². The number of carbonyl (C=O) groups is 2. The van der Waals surface area contributed by atoms with E-state index in [-0.39, 0.29) is 18.3 Å². The van der Waals surface area contributed by atoms with E-state index in [1.54, 1.807) is 0 Å². The van der Waals surface area contributed by atoms with Gasteiger partial charge in [0, 0.05) is 18.8 Å². The predicted octanol–water partition coefficient (Wildman–Crippen LogP) is 4.89. The van der Waals surface area contributed by atoms with Crippen LogP contribution in [0.5, 0.6) is 0 Å². The van der Waals surface area contributed by atoms with Crippen molar-refractivity contribution in [2.24, 2.45) is 11.8 Å². The molecule has 1 aliphatic carbocycles. The van der Waals surface area contributed by atoms with Gasteiger partial charge in [-0.1, -0.05) is 57.6 Å². The summed E-state index contributed by atoms with van der Waals surface area (Å²) in [4.78, 5) is 22.6. The van der Waals surface area contributed by atoms with Gasteiger partial charge in [0.1, 0.15) is 5.78 Å². The van der Waals surface area contributed by atoms with Gasteiger partial charge in [-0.25, -0.2) is 0 Å². The van der Waals surface area contributed by atoms with Gasteiger partial charge in [0.05, 0.1) is 5.60 Å². The second kappa shape index (κ2) is 11.5. The lowest BCUT2D eigenvalue weighted by molar-refractivity contribution is -0.137. The molecule has 0 heterocycles. The van der Waals surface area contributed by atoms with E-state index in [4.69, 9.17) is 5.11 Å². The first-order valence-electron chi connectivity index (χ1n) is 10.0. The van der Waals surface area contributed by atoms with Gasteiger partial charge in [-0.2, -0.15) is 0 Å². The van der Waals surface area contributed by atoms with Crippen molar-refractivity contribution in [3.63, 3.8) is 0 Å². The number of rotatable bonds is 13. The highest BCUT2D eigenvalue weighted by Gasteiger charge is 2.32. The minimum absolute atomic E-state index is 0.0853. The SMILES string of the molecule is CCCCCC(C)(O)/C=C/[C@H]1CCC(=O)[C@@H]1CCCCCCC(=O)O. The highest BCUT2D eigenvalue weighted by molar-refractivity contribution is 5.83. The van der Waals surface area contributed by atoms with Crippen LogP contribution in [0.4, 0.5) is 0 Å². The van der Waals surface area contributed by atoms with Gasteiger partial charge in [0.25, 0.3) is 0 Å². The lowest BCUT2D eigenvalue weighted by Crippen LogP contribution is -2.21. The third-order valence-electron chi connectivity index (χ3n) is 5.30. The molecule has 0 spiro atoms. The van der Waals surface area contributed by atoms with E-state index in [1.807, 2.05) is 13.0 Å². The van der Waals surface area contributed by atoms with Gasteiger partial charge in [-0.15, -0.1) is 0 Å². The van der Waals surface area contributed by atoms with Crippen molar-refractivity contribution in [1.29, 1.82) is 0 Å². The molecule has 0 aromatic rings. The van der Waals surface area contributed by atoms with Crippen LogP contribution < -0.4 is 0 Å². The number of Topliss-reactive ketones (excluding diaryl/α,β-unsaturated/α-hetero) is 1. The molecule has 1 fully saturated rings. The van der Waals surface area contributed by atoms with Crippen LogP contribution in [0.1, 0.15) is 90.9 Å². The number of carboxylic acids is 1. The topological polar surface area (TPSA) is 74.6 Å². The number of aliphatic carboxylic acids is 1. The molecule has 1 saturated carbocycles. The minimum atomic E-state index is -0.776. The van der Waals surface area contributed by atoms with E-state index >= 15 is 0 Å². The smallest absolute Gasteiger partial charge is 0.303 e. The number of carbonyl (C=O) groups excluding carboxylic acids is 1. The molecule has 2 N–H and O–H groups in total. The molecule has 1 unspecified atom stereocenters. The fraction of sp³-hybridized carbons (Fsp3) is 0.810. The van der Waals surface area contributed by atoms with Crippen LogP contribution in [0.3, 0.4) is 0 Å². The second-order valence-electron chi connectivity index (χ2n) is 7.80. The molecule has 4 heteroatoms. The van der Waals surface area contributed by atoms with Gasteiger partial charge >= 0.3 is 5.97 Å². The van der Waals surface area contributed by atoms with Gasteiger partial charge in [-0.05, 0) is 38.5 Å². The first-order valence-corrected chi connectivity index (χ1v) is 10.0. The molecule has 0 amide bonds. The quantitative estimate of drug-likeness (QED) is 0.365. The zero-order valence-electron chi connectivity index (χ0n) is 16.0. The number of hydrogen-bond donors (Lipinski definition) is 2. The highest BCUT2D eigenvalue weighted by Crippen LogP contribution is 2.34. The molecular formula is C21H36O4. The summed E-state index contributed by atoms with van der Waals surface area (Å²) in [5, 5.41) is 19.1. The monoisotopic (exact) mass is 352 g/mol. The largest absolute Gasteiger partial charge is 0.481 e. The Morgan fingerprint density at radius 1 is 1.20 bits per heavy atom. The van der Waals surface area contributed by atoms with Crippen LogP contribution in [0.25, 0.3) is 0 Å². The molecule has 1 rings (SSSR count). The molecule has 0 aromatic heterocycles. The molecule has 0 aromatic carbocycles. The van der Waals surface area contributed by atoms with Gasteiger partial charge < -0.3 is 10.2 Å². The summed E-state index contributed by atoms with van der Waals surface area (Å²) in [5.41, 5.74) is -0.776. The predicted molar refractivity (Wildman–Crippen MR) is 100 cm³/mol. The highest BCUT2D eigenvalue weighted by atomic mass is 16.4. The Balaban J connectivity index is 2.38.